The van der Waals surface area contributed by atoms with Gasteiger partial charge < -0.3 is 0 Å². The van der Waals surface area contributed by atoms with Crippen molar-refractivity contribution < 1.29 is 4.80 Å². The van der Waals surface area contributed by atoms with Gasteiger partial charge in [0.25, 0.3) is 5.56 Å². The predicted octanol–water partition coefficient (Wildman–Crippen LogP) is 3.02. The van der Waals surface area contributed by atoms with Gasteiger partial charge in [-0.2, -0.15) is 15.3 Å². The fourth-order valence-corrected chi connectivity index (χ4v) is 3.61. The molecule has 0 aliphatic rings. The average molecular weight is 499 g/mol. The van der Waals surface area contributed by atoms with Crippen LogP contribution in [0, 0.1) is 0 Å². The molecular formula is C25H40N9O2+. The summed E-state index contributed by atoms with van der Waals surface area (Å²) in [6, 6.07) is 0. The van der Waals surface area contributed by atoms with Crippen LogP contribution in [-0.2, 0) is 22.2 Å². The van der Waals surface area contributed by atoms with Crippen LogP contribution in [0.25, 0.3) is 21.9 Å². The van der Waals surface area contributed by atoms with E-state index in [4.69, 9.17) is 0 Å². The van der Waals surface area contributed by atoms with Gasteiger partial charge >= 0.3 is 5.56 Å². The summed E-state index contributed by atoms with van der Waals surface area (Å²) in [5, 5.41) is 21.4. The maximum absolute atomic E-state index is 12.5. The minimum atomic E-state index is -0.335. The molecule has 0 atom stereocenters. The number of H-pyrrole nitrogens is 1. The highest BCUT2D eigenvalue weighted by atomic mass is 16.1. The van der Waals surface area contributed by atoms with Crippen LogP contribution in [0.1, 0.15) is 83.1 Å². The molecule has 0 fully saturated rings. The highest BCUT2D eigenvalue weighted by molar-refractivity contribution is 5.76. The number of aromatic amines is 1. The van der Waals surface area contributed by atoms with Gasteiger partial charge in [-0.15, -0.1) is 0 Å². The second-order valence-electron chi connectivity index (χ2n) is 13.1. The van der Waals surface area contributed by atoms with Gasteiger partial charge in [0.2, 0.25) is 11.2 Å². The lowest BCUT2D eigenvalue weighted by Gasteiger charge is -2.23. The van der Waals surface area contributed by atoms with Crippen LogP contribution in [0.5, 0.6) is 0 Å². The van der Waals surface area contributed by atoms with E-state index in [-0.39, 0.29) is 33.3 Å². The fourth-order valence-electron chi connectivity index (χ4n) is 3.61. The van der Waals surface area contributed by atoms with E-state index in [0.29, 0.717) is 16.6 Å². The van der Waals surface area contributed by atoms with Crippen molar-refractivity contribution in [2.24, 2.45) is 0 Å². The quantitative estimate of drug-likeness (QED) is 0.372. The smallest absolute Gasteiger partial charge is 0.265 e. The third kappa shape index (κ3) is 5.24. The molecule has 0 saturated heterocycles. The molecule has 11 heteroatoms. The molecule has 0 aliphatic heterocycles. The number of rotatable bonds is 0. The monoisotopic (exact) mass is 498 g/mol. The number of hydrogen-bond donors (Lipinski definition) is 1. The van der Waals surface area contributed by atoms with Gasteiger partial charge in [0.05, 0.1) is 35.2 Å². The molecule has 0 unspecified atom stereocenters. The number of nitrogens with zero attached hydrogens (tertiary/aromatic N) is 8. The second kappa shape index (κ2) is 8.63. The van der Waals surface area contributed by atoms with E-state index in [9.17, 15) is 9.59 Å². The molecule has 0 aliphatic carbocycles. The van der Waals surface area contributed by atoms with Crippen LogP contribution in [0.3, 0.4) is 0 Å². The molecule has 0 bridgehead atoms. The predicted molar refractivity (Wildman–Crippen MR) is 140 cm³/mol. The summed E-state index contributed by atoms with van der Waals surface area (Å²) in [4.78, 5) is 26.1. The molecule has 0 saturated carbocycles. The first-order valence-corrected chi connectivity index (χ1v) is 12.1. The third-order valence-corrected chi connectivity index (χ3v) is 5.44. The van der Waals surface area contributed by atoms with Crippen molar-refractivity contribution in [1.82, 2.24) is 39.5 Å². The highest BCUT2D eigenvalue weighted by Gasteiger charge is 2.29. The summed E-state index contributed by atoms with van der Waals surface area (Å²) in [7, 11) is 0. The van der Waals surface area contributed by atoms with E-state index < -0.39 is 0 Å². The lowest BCUT2D eigenvalue weighted by molar-refractivity contribution is -0.854. The van der Waals surface area contributed by atoms with Gasteiger partial charge in [-0.1, -0.05) is 5.10 Å². The summed E-state index contributed by atoms with van der Waals surface area (Å²) >= 11 is 0. The van der Waals surface area contributed by atoms with Gasteiger partial charge in [-0.05, 0) is 62.3 Å². The van der Waals surface area contributed by atoms with Crippen molar-refractivity contribution in [2.75, 3.05) is 0 Å². The van der Waals surface area contributed by atoms with Gasteiger partial charge in [-0.3, -0.25) is 14.3 Å². The van der Waals surface area contributed by atoms with E-state index in [2.05, 4.69) is 25.5 Å². The molecule has 11 nitrogen and oxygen atoms in total. The molecule has 0 radical (unpaired) electrons. The lowest BCUT2D eigenvalue weighted by Crippen LogP contribution is -2.58. The summed E-state index contributed by atoms with van der Waals surface area (Å²) in [6.07, 6.45) is 4.97. The number of fused-ring (bicyclic) bond motifs is 2. The molecule has 4 aromatic heterocycles. The maximum atomic E-state index is 12.5. The minimum absolute atomic E-state index is 0.0903. The zero-order valence-electron chi connectivity index (χ0n) is 23.6. The Morgan fingerprint density at radius 3 is 1.64 bits per heavy atom. The van der Waals surface area contributed by atoms with Crippen molar-refractivity contribution in [3.63, 3.8) is 0 Å². The first-order chi connectivity index (χ1) is 16.2. The van der Waals surface area contributed by atoms with Crippen LogP contribution in [0.15, 0.2) is 28.2 Å². The average Bonchev–Trinajstić information content (AvgIpc) is 3.31. The van der Waals surface area contributed by atoms with Crippen molar-refractivity contribution in [2.45, 2.75) is 105 Å². The Morgan fingerprint density at radius 2 is 1.17 bits per heavy atom. The number of hydrogen-bond acceptors (Lipinski definition) is 6. The number of aromatic nitrogens is 9. The van der Waals surface area contributed by atoms with E-state index in [1.165, 1.54) is 4.68 Å². The normalized spacial score (nSPS) is 13.2. The van der Waals surface area contributed by atoms with Crippen LogP contribution in [0.2, 0.25) is 0 Å². The van der Waals surface area contributed by atoms with Crippen LogP contribution in [0.4, 0.5) is 0 Å². The standard InChI is InChI=1S/C13H20N4O.C12H19N5O/c1-12(2,3)16-10-9(7-14-16)8-15-17(11(10)18)13(4,5)6;1-11(2,3)16-9-8(7-13-16)10(18)15-17(14-9)12(4,5)6/h7-8H,1-6H3;7H,1-6H3/p+1. The molecule has 0 spiro atoms. The molecule has 1 N–H and O–H groups in total. The van der Waals surface area contributed by atoms with E-state index in [0.717, 1.165) is 5.39 Å². The molecule has 4 rings (SSSR count). The Hall–Kier alpha value is -3.37. The maximum Gasteiger partial charge on any atom is 0.313 e. The molecule has 0 amide bonds. The topological polar surface area (TPSA) is 120 Å². The SMILES string of the molecule is CC(C)(C)n1ncc2c(=O)[nH][n+](C(C)(C)C)nc21.CC(C)(C)n1ncc2cnn(C(C)(C)C)c2c1=O. The summed E-state index contributed by atoms with van der Waals surface area (Å²) in [5.41, 5.74) is -0.0686. The van der Waals surface area contributed by atoms with Gasteiger partial charge in [0, 0.05) is 36.1 Å². The second-order valence-corrected chi connectivity index (χ2v) is 13.1. The molecule has 196 valence electrons. The van der Waals surface area contributed by atoms with E-state index >= 15 is 0 Å². The van der Waals surface area contributed by atoms with Gasteiger partial charge in [0.15, 0.2) is 0 Å². The van der Waals surface area contributed by atoms with Crippen molar-refractivity contribution in [3.05, 3.63) is 39.3 Å². The van der Waals surface area contributed by atoms with Crippen molar-refractivity contribution in [1.29, 1.82) is 0 Å². The Balaban J connectivity index is 0.000000201. The Labute approximate surface area is 211 Å². The molecule has 36 heavy (non-hydrogen) atoms. The summed E-state index contributed by atoms with van der Waals surface area (Å²) < 4.78 is 5.06. The summed E-state index contributed by atoms with van der Waals surface area (Å²) in [5.74, 6) is 0. The Bertz CT molecular complexity index is 1510. The minimum Gasteiger partial charge on any atom is -0.265 e. The summed E-state index contributed by atoms with van der Waals surface area (Å²) in [6.45, 7) is 24.0. The zero-order chi connectivity index (χ0) is 27.4. The van der Waals surface area contributed by atoms with Crippen LogP contribution >= 0.6 is 0 Å². The van der Waals surface area contributed by atoms with E-state index in [1.54, 1.807) is 32.8 Å². The lowest BCUT2D eigenvalue weighted by atomic mass is 10.1. The van der Waals surface area contributed by atoms with Crippen LogP contribution < -0.4 is 15.9 Å². The third-order valence-electron chi connectivity index (χ3n) is 5.44. The highest BCUT2D eigenvalue weighted by Crippen LogP contribution is 2.20. The number of nitrogens with one attached hydrogen (secondary N) is 1. The Kier molecular flexibility index (Phi) is 6.53. The van der Waals surface area contributed by atoms with Crippen molar-refractivity contribution in [3.8, 4) is 0 Å². The molecule has 0 aromatic carbocycles. The molecule has 4 aromatic rings. The fraction of sp³-hybridized carbons (Fsp3) is 0.640. The van der Waals surface area contributed by atoms with Gasteiger partial charge in [0.1, 0.15) is 10.9 Å². The van der Waals surface area contributed by atoms with Crippen LogP contribution in [-0.4, -0.2) is 39.5 Å². The zero-order valence-corrected chi connectivity index (χ0v) is 23.6. The van der Waals surface area contributed by atoms with Crippen molar-refractivity contribution >= 4 is 21.9 Å². The Morgan fingerprint density at radius 1 is 0.694 bits per heavy atom. The van der Waals surface area contributed by atoms with E-state index in [1.807, 2.05) is 83.1 Å². The first kappa shape index (κ1) is 27.2. The molecular weight excluding hydrogens is 458 g/mol. The van der Waals surface area contributed by atoms with Gasteiger partial charge in [-0.25, -0.2) is 9.36 Å². The largest absolute Gasteiger partial charge is 0.313 e. The molecule has 4 heterocycles. The first-order valence-electron chi connectivity index (χ1n) is 12.1.